The van der Waals surface area contributed by atoms with Crippen LogP contribution in [0.3, 0.4) is 0 Å². The Bertz CT molecular complexity index is 950. The number of hydrazine groups is 1. The molecule has 0 spiro atoms. The molecule has 2 aromatic rings. The van der Waals surface area contributed by atoms with Crippen molar-refractivity contribution < 1.29 is 23.9 Å². The average molecular weight is 410 g/mol. The van der Waals surface area contributed by atoms with Crippen molar-refractivity contribution in [3.05, 3.63) is 54.1 Å². The fourth-order valence-corrected chi connectivity index (χ4v) is 3.43. The van der Waals surface area contributed by atoms with Crippen LogP contribution in [0.4, 0.5) is 10.5 Å². The number of benzene rings is 2. The Labute approximate surface area is 173 Å². The second-order valence-electron chi connectivity index (χ2n) is 7.09. The van der Waals surface area contributed by atoms with Crippen LogP contribution in [0.25, 0.3) is 0 Å². The molecule has 0 unspecified atom stereocenters. The molecule has 1 saturated heterocycles. The van der Waals surface area contributed by atoms with Gasteiger partial charge in [0.15, 0.2) is 11.5 Å². The number of hydrogen-bond acceptors (Lipinski definition) is 5. The van der Waals surface area contributed by atoms with Gasteiger partial charge in [-0.25, -0.2) is 4.79 Å². The first-order valence-electron chi connectivity index (χ1n) is 9.71. The van der Waals surface area contributed by atoms with E-state index in [1.165, 1.54) is 0 Å². The van der Waals surface area contributed by atoms with Crippen LogP contribution in [0.5, 0.6) is 11.5 Å². The lowest BCUT2D eigenvalue weighted by atomic mass is 9.98. The topological polar surface area (TPSA) is 109 Å². The number of para-hydroxylation sites is 1. The molecule has 30 heavy (non-hydrogen) atoms. The number of urea groups is 1. The van der Waals surface area contributed by atoms with Crippen LogP contribution in [0, 0.1) is 5.92 Å². The highest BCUT2D eigenvalue weighted by atomic mass is 16.7. The molecule has 9 nitrogen and oxygen atoms in total. The number of rotatable bonds is 3. The van der Waals surface area contributed by atoms with E-state index >= 15 is 0 Å². The van der Waals surface area contributed by atoms with E-state index in [1.807, 2.05) is 18.2 Å². The molecular formula is C21H22N4O5. The average Bonchev–Trinajstić information content (AvgIpc) is 3.26. The Morgan fingerprint density at radius 3 is 2.60 bits per heavy atom. The molecule has 2 heterocycles. The summed E-state index contributed by atoms with van der Waals surface area (Å²) in [7, 11) is 0. The minimum atomic E-state index is -0.462. The second kappa shape index (κ2) is 8.73. The minimum absolute atomic E-state index is 0.118. The molecule has 3 N–H and O–H groups in total. The quantitative estimate of drug-likeness (QED) is 0.672. The largest absolute Gasteiger partial charge is 0.454 e. The molecule has 1 atom stereocenters. The second-order valence-corrected chi connectivity index (χ2v) is 7.09. The van der Waals surface area contributed by atoms with Crippen molar-refractivity contribution in [3.63, 3.8) is 0 Å². The van der Waals surface area contributed by atoms with E-state index in [0.717, 1.165) is 0 Å². The van der Waals surface area contributed by atoms with Crippen molar-refractivity contribution in [1.29, 1.82) is 0 Å². The zero-order valence-corrected chi connectivity index (χ0v) is 16.2. The molecule has 0 aliphatic carbocycles. The van der Waals surface area contributed by atoms with E-state index in [-0.39, 0.29) is 25.3 Å². The third kappa shape index (κ3) is 4.45. The molecule has 1 fully saturated rings. The summed E-state index contributed by atoms with van der Waals surface area (Å²) in [6.45, 7) is 0.976. The number of piperidine rings is 1. The lowest BCUT2D eigenvalue weighted by molar-refractivity contribution is -0.127. The molecule has 4 rings (SSSR count). The van der Waals surface area contributed by atoms with Crippen molar-refractivity contribution in [2.75, 3.05) is 25.2 Å². The number of carbonyl (C=O) groups is 3. The van der Waals surface area contributed by atoms with Crippen LogP contribution >= 0.6 is 0 Å². The van der Waals surface area contributed by atoms with Crippen molar-refractivity contribution in [2.45, 2.75) is 12.8 Å². The number of nitrogens with zero attached hydrogens (tertiary/aromatic N) is 1. The number of anilines is 1. The highest BCUT2D eigenvalue weighted by molar-refractivity contribution is 5.96. The van der Waals surface area contributed by atoms with Gasteiger partial charge in [0.2, 0.25) is 12.7 Å². The first-order chi connectivity index (χ1) is 14.6. The summed E-state index contributed by atoms with van der Waals surface area (Å²) in [6.07, 6.45) is 1.34. The normalized spacial score (nSPS) is 17.2. The lowest BCUT2D eigenvalue weighted by Gasteiger charge is -2.32. The lowest BCUT2D eigenvalue weighted by Crippen LogP contribution is -2.50. The van der Waals surface area contributed by atoms with Gasteiger partial charge in [0.1, 0.15) is 0 Å². The van der Waals surface area contributed by atoms with Crippen LogP contribution < -0.4 is 25.6 Å². The number of amides is 4. The van der Waals surface area contributed by atoms with Gasteiger partial charge in [0.05, 0.1) is 5.92 Å². The van der Waals surface area contributed by atoms with E-state index in [2.05, 4.69) is 16.2 Å². The van der Waals surface area contributed by atoms with Crippen LogP contribution in [-0.2, 0) is 4.79 Å². The number of ether oxygens (including phenoxy) is 2. The smallest absolute Gasteiger partial charge is 0.321 e. The maximum Gasteiger partial charge on any atom is 0.321 e. The molecule has 0 radical (unpaired) electrons. The van der Waals surface area contributed by atoms with Gasteiger partial charge < -0.3 is 19.7 Å². The molecule has 156 valence electrons. The molecule has 0 aromatic heterocycles. The number of nitrogens with one attached hydrogen (secondary N) is 3. The van der Waals surface area contributed by atoms with Gasteiger partial charge in [0, 0.05) is 24.3 Å². The summed E-state index contributed by atoms with van der Waals surface area (Å²) < 4.78 is 10.5. The fraction of sp³-hybridized carbons (Fsp3) is 0.286. The summed E-state index contributed by atoms with van der Waals surface area (Å²) >= 11 is 0. The Hall–Kier alpha value is -3.75. The van der Waals surface area contributed by atoms with E-state index in [0.29, 0.717) is 42.1 Å². The Morgan fingerprint density at radius 1 is 0.967 bits per heavy atom. The highest BCUT2D eigenvalue weighted by Crippen LogP contribution is 2.32. The molecule has 2 aliphatic rings. The van der Waals surface area contributed by atoms with Crippen molar-refractivity contribution in [2.24, 2.45) is 5.92 Å². The van der Waals surface area contributed by atoms with E-state index < -0.39 is 11.8 Å². The molecule has 0 bridgehead atoms. The van der Waals surface area contributed by atoms with E-state index in [9.17, 15) is 14.4 Å². The zero-order chi connectivity index (χ0) is 20.9. The summed E-state index contributed by atoms with van der Waals surface area (Å²) in [4.78, 5) is 38.9. The van der Waals surface area contributed by atoms with Gasteiger partial charge in [0.25, 0.3) is 5.91 Å². The van der Waals surface area contributed by atoms with E-state index in [4.69, 9.17) is 9.47 Å². The molecular weight excluding hydrogens is 388 g/mol. The van der Waals surface area contributed by atoms with Crippen molar-refractivity contribution >= 4 is 23.5 Å². The van der Waals surface area contributed by atoms with Crippen molar-refractivity contribution in [1.82, 2.24) is 15.8 Å². The molecule has 2 aromatic carbocycles. The zero-order valence-electron chi connectivity index (χ0n) is 16.2. The van der Waals surface area contributed by atoms with Gasteiger partial charge in [-0.2, -0.15) is 0 Å². The predicted octanol–water partition coefficient (Wildman–Crippen LogP) is 2.12. The summed E-state index contributed by atoms with van der Waals surface area (Å²) in [6, 6.07) is 13.7. The first-order valence-corrected chi connectivity index (χ1v) is 9.71. The summed E-state index contributed by atoms with van der Waals surface area (Å²) in [5, 5.41) is 2.83. The summed E-state index contributed by atoms with van der Waals surface area (Å²) in [5.41, 5.74) is 5.91. The Kier molecular flexibility index (Phi) is 5.69. The van der Waals surface area contributed by atoms with Crippen LogP contribution in [-0.4, -0.2) is 42.6 Å². The maximum absolute atomic E-state index is 12.5. The van der Waals surface area contributed by atoms with Crippen LogP contribution in [0.2, 0.25) is 0 Å². The third-order valence-electron chi connectivity index (χ3n) is 5.04. The van der Waals surface area contributed by atoms with Gasteiger partial charge in [-0.1, -0.05) is 18.2 Å². The molecule has 0 saturated carbocycles. The van der Waals surface area contributed by atoms with Crippen LogP contribution in [0.15, 0.2) is 48.5 Å². The van der Waals surface area contributed by atoms with Gasteiger partial charge in [-0.15, -0.1) is 0 Å². The standard InChI is InChI=1S/C21H22N4O5/c26-19(14-8-9-17-18(11-14)30-13-29-17)23-24-20(27)15-5-4-10-25(12-15)21(28)22-16-6-2-1-3-7-16/h1-3,6-9,11,15H,4-5,10,12-13H2,(H,22,28)(H,23,26)(H,24,27)/t15-/m1/s1. The molecule has 4 amide bonds. The number of hydrogen-bond donors (Lipinski definition) is 3. The monoisotopic (exact) mass is 410 g/mol. The first kappa shape index (κ1) is 19.6. The van der Waals surface area contributed by atoms with Gasteiger partial charge >= 0.3 is 6.03 Å². The maximum atomic E-state index is 12.5. The predicted molar refractivity (Wildman–Crippen MR) is 108 cm³/mol. The number of fused-ring (bicyclic) bond motifs is 1. The van der Waals surface area contributed by atoms with Gasteiger partial charge in [-0.3, -0.25) is 20.4 Å². The Balaban J connectivity index is 1.29. The SMILES string of the molecule is O=C(NNC(=O)[C@@H]1CCCN(C(=O)Nc2ccccc2)C1)c1ccc2c(c1)OCO2. The third-order valence-corrected chi connectivity index (χ3v) is 5.04. The Morgan fingerprint density at radius 2 is 1.77 bits per heavy atom. The molecule has 2 aliphatic heterocycles. The van der Waals surface area contributed by atoms with Gasteiger partial charge in [-0.05, 0) is 43.2 Å². The van der Waals surface area contributed by atoms with E-state index in [1.54, 1.807) is 35.2 Å². The fourth-order valence-electron chi connectivity index (χ4n) is 3.43. The molecule has 9 heteroatoms. The van der Waals surface area contributed by atoms with Crippen LogP contribution in [0.1, 0.15) is 23.2 Å². The minimum Gasteiger partial charge on any atom is -0.454 e. The number of likely N-dealkylation sites (tertiary alicyclic amines) is 1. The highest BCUT2D eigenvalue weighted by Gasteiger charge is 2.29. The van der Waals surface area contributed by atoms with Crippen molar-refractivity contribution in [3.8, 4) is 11.5 Å². The number of carbonyl (C=O) groups excluding carboxylic acids is 3. The summed E-state index contributed by atoms with van der Waals surface area (Å²) in [5.74, 6) is -0.136.